The Bertz CT molecular complexity index is 453. The molecule has 0 atom stereocenters. The van der Waals surface area contributed by atoms with Gasteiger partial charge in [-0.2, -0.15) is 5.10 Å². The predicted octanol–water partition coefficient (Wildman–Crippen LogP) is 1.65. The molecular formula is C9H10ClN5. The quantitative estimate of drug-likeness (QED) is 0.739. The Balaban J connectivity index is 2.06. The first-order valence-electron chi connectivity index (χ1n) is 4.39. The van der Waals surface area contributed by atoms with Crippen molar-refractivity contribution < 1.29 is 0 Å². The molecule has 2 rings (SSSR count). The van der Waals surface area contributed by atoms with Crippen LogP contribution in [-0.2, 0) is 6.54 Å². The Morgan fingerprint density at radius 1 is 1.53 bits per heavy atom. The number of halogens is 1. The number of anilines is 2. The van der Waals surface area contributed by atoms with E-state index in [-0.39, 0.29) is 0 Å². The fourth-order valence-electron chi connectivity index (χ4n) is 1.16. The summed E-state index contributed by atoms with van der Waals surface area (Å²) in [6, 6.07) is 3.55. The average molecular weight is 224 g/mol. The molecule has 6 heteroatoms. The largest absolute Gasteiger partial charge is 0.384 e. The summed E-state index contributed by atoms with van der Waals surface area (Å²) in [6.45, 7) is 0.541. The van der Waals surface area contributed by atoms with E-state index in [2.05, 4.69) is 20.5 Å². The van der Waals surface area contributed by atoms with Gasteiger partial charge in [0.05, 0.1) is 11.2 Å². The minimum atomic E-state index is 0.541. The van der Waals surface area contributed by atoms with Crippen molar-refractivity contribution in [2.24, 2.45) is 0 Å². The summed E-state index contributed by atoms with van der Waals surface area (Å²) in [6.07, 6.45) is 3.34. The highest BCUT2D eigenvalue weighted by molar-refractivity contribution is 6.32. The third-order valence-corrected chi connectivity index (χ3v) is 2.26. The van der Waals surface area contributed by atoms with E-state index < -0.39 is 0 Å². The third-order valence-electron chi connectivity index (χ3n) is 1.96. The van der Waals surface area contributed by atoms with Crippen molar-refractivity contribution in [3.63, 3.8) is 0 Å². The summed E-state index contributed by atoms with van der Waals surface area (Å²) in [5.74, 6) is 1.19. The van der Waals surface area contributed by atoms with Gasteiger partial charge in [0.2, 0.25) is 0 Å². The maximum Gasteiger partial charge on any atom is 0.145 e. The molecule has 2 aromatic heterocycles. The van der Waals surface area contributed by atoms with Gasteiger partial charge in [-0.25, -0.2) is 4.98 Å². The number of H-pyrrole nitrogens is 1. The smallest absolute Gasteiger partial charge is 0.145 e. The Kier molecular flexibility index (Phi) is 2.73. The highest BCUT2D eigenvalue weighted by Gasteiger charge is 2.03. The second kappa shape index (κ2) is 4.18. The molecule has 4 N–H and O–H groups in total. The average Bonchev–Trinajstić information content (AvgIpc) is 2.63. The van der Waals surface area contributed by atoms with E-state index in [4.69, 9.17) is 17.3 Å². The minimum absolute atomic E-state index is 0.541. The van der Waals surface area contributed by atoms with E-state index in [9.17, 15) is 0 Å². The van der Waals surface area contributed by atoms with E-state index in [1.807, 2.05) is 0 Å². The molecule has 0 amide bonds. The molecule has 0 radical (unpaired) electrons. The maximum atomic E-state index is 5.92. The molecule has 0 aliphatic rings. The van der Waals surface area contributed by atoms with Crippen LogP contribution >= 0.6 is 11.6 Å². The van der Waals surface area contributed by atoms with Gasteiger partial charge in [0.1, 0.15) is 11.6 Å². The Labute approximate surface area is 91.7 Å². The zero-order valence-electron chi connectivity index (χ0n) is 7.87. The van der Waals surface area contributed by atoms with Gasteiger partial charge in [-0.3, -0.25) is 5.10 Å². The Hall–Kier alpha value is -1.75. The normalized spacial score (nSPS) is 10.2. The monoisotopic (exact) mass is 223 g/mol. The molecule has 78 valence electrons. The molecule has 0 unspecified atom stereocenters. The van der Waals surface area contributed by atoms with Gasteiger partial charge in [-0.1, -0.05) is 11.6 Å². The highest BCUT2D eigenvalue weighted by atomic mass is 35.5. The zero-order valence-corrected chi connectivity index (χ0v) is 8.62. The first kappa shape index (κ1) is 9.79. The van der Waals surface area contributed by atoms with Gasteiger partial charge in [0.25, 0.3) is 0 Å². The van der Waals surface area contributed by atoms with E-state index >= 15 is 0 Å². The van der Waals surface area contributed by atoms with Crippen molar-refractivity contribution in [1.82, 2.24) is 15.2 Å². The topological polar surface area (TPSA) is 79.6 Å². The van der Waals surface area contributed by atoms with Crippen molar-refractivity contribution in [3.8, 4) is 0 Å². The lowest BCUT2D eigenvalue weighted by Gasteiger charge is -2.05. The summed E-state index contributed by atoms with van der Waals surface area (Å²) in [5, 5.41) is 10.1. The summed E-state index contributed by atoms with van der Waals surface area (Å²) < 4.78 is 0. The number of nitrogens with one attached hydrogen (secondary N) is 2. The SMILES string of the molecule is Nc1[nH]ncc1CNc1ncccc1Cl. The number of nitrogens with two attached hydrogens (primary N) is 1. The van der Waals surface area contributed by atoms with Crippen LogP contribution in [0.2, 0.25) is 5.02 Å². The number of rotatable bonds is 3. The predicted molar refractivity (Wildman–Crippen MR) is 59.6 cm³/mol. The third kappa shape index (κ3) is 2.19. The van der Waals surface area contributed by atoms with E-state index in [0.29, 0.717) is 23.2 Å². The lowest BCUT2D eigenvalue weighted by Crippen LogP contribution is -2.03. The molecule has 0 bridgehead atoms. The molecule has 2 aromatic rings. The zero-order chi connectivity index (χ0) is 10.7. The van der Waals surface area contributed by atoms with Gasteiger partial charge in [0, 0.05) is 18.3 Å². The molecule has 0 aromatic carbocycles. The van der Waals surface area contributed by atoms with Crippen LogP contribution in [0.15, 0.2) is 24.5 Å². The fraction of sp³-hybridized carbons (Fsp3) is 0.111. The second-order valence-electron chi connectivity index (χ2n) is 3.00. The minimum Gasteiger partial charge on any atom is -0.384 e. The molecule has 0 saturated heterocycles. The molecule has 0 fully saturated rings. The lowest BCUT2D eigenvalue weighted by molar-refractivity contribution is 1.10. The van der Waals surface area contributed by atoms with Crippen LogP contribution in [0, 0.1) is 0 Å². The van der Waals surface area contributed by atoms with Crippen LogP contribution < -0.4 is 11.1 Å². The van der Waals surface area contributed by atoms with Crippen molar-refractivity contribution >= 4 is 23.2 Å². The second-order valence-corrected chi connectivity index (χ2v) is 3.40. The number of nitrogens with zero attached hydrogens (tertiary/aromatic N) is 2. The van der Waals surface area contributed by atoms with E-state index in [1.165, 1.54) is 0 Å². The standard InChI is InChI=1S/C9H10ClN5/c10-7-2-1-3-12-9(7)13-4-6-5-14-15-8(6)11/h1-3,5H,4H2,(H,12,13)(H3,11,14,15). The van der Waals surface area contributed by atoms with Crippen LogP contribution in [0.5, 0.6) is 0 Å². The van der Waals surface area contributed by atoms with Crippen LogP contribution in [0.4, 0.5) is 11.6 Å². The van der Waals surface area contributed by atoms with Crippen molar-refractivity contribution in [2.75, 3.05) is 11.1 Å². The number of aromatic nitrogens is 3. The van der Waals surface area contributed by atoms with Gasteiger partial charge in [0.15, 0.2) is 0 Å². The van der Waals surface area contributed by atoms with Crippen LogP contribution in [0.25, 0.3) is 0 Å². The number of hydrogen-bond acceptors (Lipinski definition) is 4. The van der Waals surface area contributed by atoms with Gasteiger partial charge < -0.3 is 11.1 Å². The Morgan fingerprint density at radius 3 is 3.07 bits per heavy atom. The first-order valence-corrected chi connectivity index (χ1v) is 4.77. The fourth-order valence-corrected chi connectivity index (χ4v) is 1.35. The molecule has 5 nitrogen and oxygen atoms in total. The highest BCUT2D eigenvalue weighted by Crippen LogP contribution is 2.18. The van der Waals surface area contributed by atoms with Crippen LogP contribution in [-0.4, -0.2) is 15.2 Å². The van der Waals surface area contributed by atoms with E-state index in [0.717, 1.165) is 5.56 Å². The van der Waals surface area contributed by atoms with Crippen LogP contribution in [0.1, 0.15) is 5.56 Å². The van der Waals surface area contributed by atoms with Crippen molar-refractivity contribution in [2.45, 2.75) is 6.54 Å². The molecule has 0 saturated carbocycles. The summed E-state index contributed by atoms with van der Waals surface area (Å²) in [7, 11) is 0. The van der Waals surface area contributed by atoms with Crippen molar-refractivity contribution in [3.05, 3.63) is 35.1 Å². The number of nitrogen functional groups attached to an aromatic ring is 1. The molecule has 15 heavy (non-hydrogen) atoms. The van der Waals surface area contributed by atoms with Crippen LogP contribution in [0.3, 0.4) is 0 Å². The molecule has 0 aliphatic heterocycles. The first-order chi connectivity index (χ1) is 7.27. The van der Waals surface area contributed by atoms with E-state index in [1.54, 1.807) is 24.5 Å². The molecular weight excluding hydrogens is 214 g/mol. The maximum absolute atomic E-state index is 5.92. The number of aromatic amines is 1. The summed E-state index contributed by atoms with van der Waals surface area (Å²) >= 11 is 5.92. The van der Waals surface area contributed by atoms with Gasteiger partial charge in [-0.15, -0.1) is 0 Å². The lowest BCUT2D eigenvalue weighted by atomic mass is 10.3. The molecule has 0 spiro atoms. The van der Waals surface area contributed by atoms with Crippen molar-refractivity contribution in [1.29, 1.82) is 0 Å². The molecule has 2 heterocycles. The van der Waals surface area contributed by atoms with Gasteiger partial charge in [-0.05, 0) is 12.1 Å². The summed E-state index contributed by atoms with van der Waals surface area (Å²) in [4.78, 5) is 4.09. The number of hydrogen-bond donors (Lipinski definition) is 3. The molecule has 0 aliphatic carbocycles. The number of pyridine rings is 1. The Morgan fingerprint density at radius 2 is 2.40 bits per heavy atom. The summed E-state index contributed by atoms with van der Waals surface area (Å²) in [5.41, 5.74) is 6.52. The van der Waals surface area contributed by atoms with Gasteiger partial charge >= 0.3 is 0 Å².